The summed E-state index contributed by atoms with van der Waals surface area (Å²) in [4.78, 5) is -0.0500. The van der Waals surface area contributed by atoms with Crippen molar-refractivity contribution in [2.45, 2.75) is 86.7 Å². The van der Waals surface area contributed by atoms with Gasteiger partial charge in [0.25, 0.3) is 0 Å². The lowest BCUT2D eigenvalue weighted by molar-refractivity contribution is 0.0430. The highest BCUT2D eigenvalue weighted by atomic mass is 35.5. The maximum absolute atomic E-state index is 15.0. The van der Waals surface area contributed by atoms with Crippen molar-refractivity contribution < 1.29 is 81.1 Å². The molecule has 12 nitrogen and oxygen atoms in total. The van der Waals surface area contributed by atoms with E-state index in [9.17, 15) is 53.7 Å². The van der Waals surface area contributed by atoms with Crippen LogP contribution in [0, 0.1) is 70.4 Å². The molecule has 9 atom stereocenters. The number of aliphatic hydroxyl groups excluding tert-OH is 3. The first-order valence-electron chi connectivity index (χ1n) is 27.1. The molecule has 0 bridgehead atoms. The first-order chi connectivity index (χ1) is 40.0. The number of aliphatic hydroxyl groups is 3. The van der Waals surface area contributed by atoms with E-state index >= 15 is 13.2 Å². The molecule has 6 aliphatic rings. The van der Waals surface area contributed by atoms with Gasteiger partial charge in [-0.3, -0.25) is 0 Å². The average molecular weight is 1290 g/mol. The Bertz CT molecular complexity index is 3420. The maximum atomic E-state index is 15.0. The molecule has 3 aliphatic carbocycles. The Morgan fingerprint density at radius 3 is 0.833 bits per heavy atom. The molecular weight excluding hydrogens is 1230 g/mol. The van der Waals surface area contributed by atoms with Crippen LogP contribution in [0.5, 0.6) is 17.2 Å². The van der Waals surface area contributed by atoms with Crippen LogP contribution in [-0.2, 0) is 43.8 Å². The minimum Gasteiger partial charge on any atom is -0.490 e. The molecule has 0 unspecified atom stereocenters. The van der Waals surface area contributed by atoms with Crippen molar-refractivity contribution >= 4 is 64.3 Å². The Labute approximate surface area is 497 Å². The van der Waals surface area contributed by atoms with E-state index in [0.717, 1.165) is 36.4 Å². The van der Waals surface area contributed by atoms with Gasteiger partial charge < -0.3 is 29.5 Å². The number of halogens is 9. The molecule has 0 saturated heterocycles. The van der Waals surface area contributed by atoms with Gasteiger partial charge in [-0.1, -0.05) is 54.1 Å². The fraction of sp³-hybridized carbons (Fsp3) is 0.400. The number of hydrogen-bond donors (Lipinski definition) is 3. The summed E-state index contributed by atoms with van der Waals surface area (Å²) in [6.07, 6.45) is 3.53. The summed E-state index contributed by atoms with van der Waals surface area (Å²) in [5.41, 5.74) is -0.800. The topological polar surface area (TPSA) is 191 Å². The molecule has 0 amide bonds. The second-order valence-electron chi connectivity index (χ2n) is 22.0. The Kier molecular flexibility index (Phi) is 17.6. The second-order valence-corrected chi connectivity index (χ2v) is 29.9. The Morgan fingerprint density at radius 1 is 0.381 bits per heavy atom. The van der Waals surface area contributed by atoms with E-state index in [1.165, 1.54) is 72.8 Å². The molecule has 0 spiro atoms. The van der Waals surface area contributed by atoms with Crippen molar-refractivity contribution in [1.29, 1.82) is 0 Å². The van der Waals surface area contributed by atoms with Crippen LogP contribution in [0.25, 0.3) is 0 Å². The summed E-state index contributed by atoms with van der Waals surface area (Å²) in [5, 5.41) is 30.7. The molecule has 6 aromatic rings. The molecule has 3 aliphatic heterocycles. The van der Waals surface area contributed by atoms with E-state index in [4.69, 9.17) is 49.0 Å². The third kappa shape index (κ3) is 9.96. The zero-order valence-electron chi connectivity index (χ0n) is 44.6. The lowest BCUT2D eigenvalue weighted by atomic mass is 9.67. The molecule has 0 aromatic heterocycles. The van der Waals surface area contributed by atoms with Gasteiger partial charge in [0.2, 0.25) is 0 Å². The molecule has 24 heteroatoms. The van der Waals surface area contributed by atoms with Crippen molar-refractivity contribution in [2.24, 2.45) is 35.5 Å². The predicted octanol–water partition coefficient (Wildman–Crippen LogP) is 12.3. The van der Waals surface area contributed by atoms with Gasteiger partial charge in [-0.05, 0) is 165 Å². The number of ether oxygens (including phenoxy) is 3. The zero-order valence-corrected chi connectivity index (χ0v) is 49.3. The highest BCUT2D eigenvalue weighted by Gasteiger charge is 2.64. The van der Waals surface area contributed by atoms with Gasteiger partial charge in [0.1, 0.15) is 31.7 Å². The van der Waals surface area contributed by atoms with Crippen LogP contribution in [0.1, 0.15) is 74.5 Å². The Morgan fingerprint density at radius 2 is 0.607 bits per heavy atom. The lowest BCUT2D eigenvalue weighted by Gasteiger charge is -2.50. The summed E-state index contributed by atoms with van der Waals surface area (Å²) in [5.74, 6) is -9.21. The molecular formula is C60H57Cl3F6O12S3. The molecule has 84 heavy (non-hydrogen) atoms. The fourth-order valence-corrected chi connectivity index (χ4v) is 21.9. The SMILES string of the molecule is O=S(=O)(c1ccc(Cl)cc1)[C@@]12CCC[C@@H](CO)[C@@H]1COc1c(F)ccc(F)c12.O=S(=O)(c1ccc(Cl)cc1)[C@@]12CCC[C@@H](CO)[C@@H]1COc1c(F)ccc(F)c12.O=S(=O)(c1ccc(Cl)cc1)[C@]12CCC[C@H](CO)[C@H]1COc1c(F)ccc(F)c12. The number of hydrogen-bond acceptors (Lipinski definition) is 12. The average Bonchev–Trinajstić information content (AvgIpc) is 1.65. The summed E-state index contributed by atoms with van der Waals surface area (Å²) in [6, 6.07) is 22.6. The predicted molar refractivity (Wildman–Crippen MR) is 300 cm³/mol. The second kappa shape index (κ2) is 23.9. The summed E-state index contributed by atoms with van der Waals surface area (Å²) >= 11 is 17.7. The van der Waals surface area contributed by atoms with E-state index in [0.29, 0.717) is 53.6 Å². The van der Waals surface area contributed by atoms with E-state index in [2.05, 4.69) is 0 Å². The van der Waals surface area contributed by atoms with Crippen LogP contribution in [0.2, 0.25) is 15.1 Å². The third-order valence-corrected chi connectivity index (χ3v) is 26.5. The molecule has 6 aromatic carbocycles. The van der Waals surface area contributed by atoms with Gasteiger partial charge in [0, 0.05) is 52.6 Å². The molecule has 12 rings (SSSR count). The van der Waals surface area contributed by atoms with Crippen LogP contribution in [0.4, 0.5) is 26.3 Å². The third-order valence-electron chi connectivity index (χ3n) is 18.1. The molecule has 3 heterocycles. The molecule has 3 N–H and O–H groups in total. The summed E-state index contributed by atoms with van der Waals surface area (Å²) < 4.78 is 183. The quantitative estimate of drug-likeness (QED) is 0.116. The molecule has 3 fully saturated rings. The van der Waals surface area contributed by atoms with Crippen LogP contribution < -0.4 is 14.2 Å². The van der Waals surface area contributed by atoms with E-state index in [1.807, 2.05) is 0 Å². The van der Waals surface area contributed by atoms with Gasteiger partial charge in [-0.15, -0.1) is 0 Å². The van der Waals surface area contributed by atoms with Crippen LogP contribution >= 0.6 is 34.8 Å². The minimum absolute atomic E-state index is 0.0167. The highest BCUT2D eigenvalue weighted by molar-refractivity contribution is 7.93. The Balaban J connectivity index is 0.000000140. The van der Waals surface area contributed by atoms with E-state index in [1.54, 1.807) is 0 Å². The van der Waals surface area contributed by atoms with Gasteiger partial charge in [-0.2, -0.15) is 0 Å². The van der Waals surface area contributed by atoms with Crippen LogP contribution in [0.15, 0.2) is 124 Å². The molecule has 450 valence electrons. The largest absolute Gasteiger partial charge is 0.490 e. The zero-order chi connectivity index (χ0) is 60.3. The monoisotopic (exact) mass is 1280 g/mol. The first kappa shape index (κ1) is 62.0. The van der Waals surface area contributed by atoms with Gasteiger partial charge >= 0.3 is 0 Å². The van der Waals surface area contributed by atoms with E-state index in [-0.39, 0.29) is 108 Å². The van der Waals surface area contributed by atoms with Crippen molar-refractivity contribution in [3.63, 3.8) is 0 Å². The number of fused-ring (bicyclic) bond motifs is 9. The van der Waals surface area contributed by atoms with Crippen molar-refractivity contribution in [3.8, 4) is 17.2 Å². The van der Waals surface area contributed by atoms with Crippen molar-refractivity contribution in [3.05, 3.63) is 176 Å². The maximum Gasteiger partial charge on any atom is 0.188 e. The molecule has 3 saturated carbocycles. The van der Waals surface area contributed by atoms with Crippen LogP contribution in [0.3, 0.4) is 0 Å². The van der Waals surface area contributed by atoms with Crippen molar-refractivity contribution in [1.82, 2.24) is 0 Å². The Hall–Kier alpha value is -5.10. The van der Waals surface area contributed by atoms with Crippen molar-refractivity contribution in [2.75, 3.05) is 39.6 Å². The normalized spacial score (nSPS) is 26.9. The first-order valence-corrected chi connectivity index (χ1v) is 32.7. The lowest BCUT2D eigenvalue weighted by Crippen LogP contribution is -2.54. The highest BCUT2D eigenvalue weighted by Crippen LogP contribution is 2.61. The summed E-state index contributed by atoms with van der Waals surface area (Å²) in [7, 11) is -12.5. The number of rotatable bonds is 9. The van der Waals surface area contributed by atoms with E-state index < -0.39 is 114 Å². The smallest absolute Gasteiger partial charge is 0.188 e. The number of sulfone groups is 3. The summed E-state index contributed by atoms with van der Waals surface area (Å²) in [6.45, 7) is -1.07. The minimum atomic E-state index is -4.15. The molecule has 0 radical (unpaired) electrons. The van der Waals surface area contributed by atoms with Gasteiger partial charge in [0.15, 0.2) is 64.2 Å². The fourth-order valence-electron chi connectivity index (χ4n) is 14.2. The van der Waals surface area contributed by atoms with Gasteiger partial charge in [-0.25, -0.2) is 51.6 Å². The standard InChI is InChI=1S/3C20H19ClF2O4S/c3*21-13-3-5-14(6-4-13)28(25,26)20-9-1-2-12(10-24)15(20)11-27-19-17(23)8-7-16(22)18(19)20/h3*3-8,12,15,24H,1-2,9-11H2/t3*12-,15-,20-/m100/s1. The number of benzene rings is 6. The van der Waals surface area contributed by atoms with Gasteiger partial charge in [0.05, 0.1) is 51.2 Å². The van der Waals surface area contributed by atoms with Crippen LogP contribution in [-0.4, -0.2) is 80.2 Å².